The van der Waals surface area contributed by atoms with Crippen molar-refractivity contribution in [3.8, 4) is 0 Å². The fraction of sp³-hybridized carbons (Fsp3) is 0.440. The number of benzene rings is 2. The van der Waals surface area contributed by atoms with E-state index in [0.717, 1.165) is 49.9 Å². The number of hydrogen-bond acceptors (Lipinski definition) is 4. The van der Waals surface area contributed by atoms with Gasteiger partial charge in [0, 0.05) is 24.6 Å². The average molecular weight is 405 g/mol. The predicted molar refractivity (Wildman–Crippen MR) is 115 cm³/mol. The number of piperidine rings is 1. The second-order valence-electron chi connectivity index (χ2n) is 8.73. The normalized spacial score (nSPS) is 18.6. The van der Waals surface area contributed by atoms with Crippen molar-refractivity contribution in [1.82, 2.24) is 9.88 Å². The monoisotopic (exact) mass is 404 g/mol. The molecule has 1 atom stereocenters. The fourth-order valence-electron chi connectivity index (χ4n) is 4.45. The lowest BCUT2D eigenvalue weighted by Gasteiger charge is -2.34. The molecule has 2 heterocycles. The lowest BCUT2D eigenvalue weighted by molar-refractivity contribution is 0.0437. The van der Waals surface area contributed by atoms with Gasteiger partial charge in [-0.15, -0.1) is 0 Å². The van der Waals surface area contributed by atoms with Crippen LogP contribution in [0.3, 0.4) is 0 Å². The standard InChI is InChI=1S/C25H28N2O3/c28-22(11-6-17-4-2-1-3-5-17)18-12-14-27(15-13-18)25(29)20-9-10-21-23(16-20)30-24(26-21)19-7-8-19/h1-5,9-10,16,18-19,22,28H,6-8,11-15H2/t22-/m1/s1. The van der Waals surface area contributed by atoms with E-state index in [2.05, 4.69) is 17.1 Å². The maximum atomic E-state index is 13.0. The Morgan fingerprint density at radius 1 is 1.10 bits per heavy atom. The molecule has 0 bridgehead atoms. The number of rotatable bonds is 6. The molecule has 5 rings (SSSR count). The van der Waals surface area contributed by atoms with Crippen LogP contribution >= 0.6 is 0 Å². The number of likely N-dealkylation sites (tertiary alicyclic amines) is 1. The lowest BCUT2D eigenvalue weighted by Crippen LogP contribution is -2.41. The van der Waals surface area contributed by atoms with Crippen LogP contribution in [0.1, 0.15) is 59.8 Å². The lowest BCUT2D eigenvalue weighted by atomic mass is 9.88. The molecule has 3 aromatic rings. The Bertz CT molecular complexity index is 1020. The van der Waals surface area contributed by atoms with Gasteiger partial charge in [0.2, 0.25) is 0 Å². The fourth-order valence-corrected chi connectivity index (χ4v) is 4.45. The van der Waals surface area contributed by atoms with Crippen LogP contribution in [0.4, 0.5) is 0 Å². The van der Waals surface area contributed by atoms with E-state index in [1.807, 2.05) is 41.3 Å². The largest absolute Gasteiger partial charge is 0.440 e. The summed E-state index contributed by atoms with van der Waals surface area (Å²) in [6, 6.07) is 15.9. The van der Waals surface area contributed by atoms with Crippen LogP contribution in [0.15, 0.2) is 52.9 Å². The number of aryl methyl sites for hydroxylation is 1. The SMILES string of the molecule is O=C(c1ccc2nc(C3CC3)oc2c1)N1CCC([C@H](O)CCc2ccccc2)CC1. The average Bonchev–Trinajstić information content (AvgIpc) is 3.56. The van der Waals surface area contributed by atoms with E-state index in [9.17, 15) is 9.90 Å². The summed E-state index contributed by atoms with van der Waals surface area (Å²) >= 11 is 0. The maximum absolute atomic E-state index is 13.0. The molecular weight excluding hydrogens is 376 g/mol. The van der Waals surface area contributed by atoms with Crippen molar-refractivity contribution < 1.29 is 14.3 Å². The molecule has 1 amide bonds. The zero-order valence-electron chi connectivity index (χ0n) is 17.2. The minimum atomic E-state index is -0.311. The number of hydrogen-bond donors (Lipinski definition) is 1. The van der Waals surface area contributed by atoms with Gasteiger partial charge < -0.3 is 14.4 Å². The van der Waals surface area contributed by atoms with Gasteiger partial charge in [0.15, 0.2) is 11.5 Å². The zero-order chi connectivity index (χ0) is 20.5. The van der Waals surface area contributed by atoms with Crippen molar-refractivity contribution in [3.63, 3.8) is 0 Å². The van der Waals surface area contributed by atoms with E-state index in [-0.39, 0.29) is 17.9 Å². The van der Waals surface area contributed by atoms with Crippen LogP contribution in [0, 0.1) is 5.92 Å². The highest BCUT2D eigenvalue weighted by molar-refractivity contribution is 5.97. The number of amides is 1. The Labute approximate surface area is 176 Å². The van der Waals surface area contributed by atoms with E-state index in [0.29, 0.717) is 30.2 Å². The summed E-state index contributed by atoms with van der Waals surface area (Å²) in [5, 5.41) is 10.6. The number of aromatic nitrogens is 1. The van der Waals surface area contributed by atoms with Crippen LogP contribution in [0.2, 0.25) is 0 Å². The van der Waals surface area contributed by atoms with Crippen LogP contribution in [0.5, 0.6) is 0 Å². The molecule has 2 aromatic carbocycles. The van der Waals surface area contributed by atoms with Gasteiger partial charge in [-0.05, 0) is 68.2 Å². The first-order valence-corrected chi connectivity index (χ1v) is 11.1. The van der Waals surface area contributed by atoms with Gasteiger partial charge in [0.25, 0.3) is 5.91 Å². The Kier molecular flexibility index (Phi) is 5.30. The molecule has 2 fully saturated rings. The molecular formula is C25H28N2O3. The molecule has 5 nitrogen and oxygen atoms in total. The van der Waals surface area contributed by atoms with Crippen molar-refractivity contribution in [1.29, 1.82) is 0 Å². The second kappa shape index (κ2) is 8.23. The topological polar surface area (TPSA) is 66.6 Å². The number of nitrogens with zero attached hydrogens (tertiary/aromatic N) is 2. The molecule has 2 aliphatic rings. The third kappa shape index (κ3) is 4.12. The number of aliphatic hydroxyl groups is 1. The van der Waals surface area contributed by atoms with Crippen molar-refractivity contribution in [3.05, 3.63) is 65.5 Å². The van der Waals surface area contributed by atoms with Gasteiger partial charge in [0.05, 0.1) is 6.10 Å². The molecule has 0 unspecified atom stereocenters. The first kappa shape index (κ1) is 19.3. The summed E-state index contributed by atoms with van der Waals surface area (Å²) in [4.78, 5) is 19.4. The van der Waals surface area contributed by atoms with Gasteiger partial charge in [-0.3, -0.25) is 4.79 Å². The highest BCUT2D eigenvalue weighted by Gasteiger charge is 2.30. The molecule has 156 valence electrons. The van der Waals surface area contributed by atoms with Crippen molar-refractivity contribution in [2.45, 2.75) is 50.5 Å². The highest BCUT2D eigenvalue weighted by Crippen LogP contribution is 2.40. The summed E-state index contributed by atoms with van der Waals surface area (Å²) in [6.07, 6.45) is 5.33. The van der Waals surface area contributed by atoms with Crippen LogP contribution < -0.4 is 0 Å². The van der Waals surface area contributed by atoms with Crippen molar-refractivity contribution in [2.75, 3.05) is 13.1 Å². The molecule has 1 aromatic heterocycles. The Balaban J connectivity index is 1.17. The van der Waals surface area contributed by atoms with Crippen LogP contribution in [-0.2, 0) is 6.42 Å². The van der Waals surface area contributed by atoms with Crippen molar-refractivity contribution in [2.24, 2.45) is 5.92 Å². The summed E-state index contributed by atoms with van der Waals surface area (Å²) in [7, 11) is 0. The molecule has 0 spiro atoms. The van der Waals surface area contributed by atoms with Gasteiger partial charge in [0.1, 0.15) is 5.52 Å². The maximum Gasteiger partial charge on any atom is 0.253 e. The van der Waals surface area contributed by atoms with Gasteiger partial charge in [-0.2, -0.15) is 0 Å². The van der Waals surface area contributed by atoms with Crippen LogP contribution in [-0.4, -0.2) is 40.1 Å². The number of carbonyl (C=O) groups is 1. The Hall–Kier alpha value is -2.66. The number of aliphatic hydroxyl groups excluding tert-OH is 1. The molecule has 1 aliphatic heterocycles. The third-order valence-electron chi connectivity index (χ3n) is 6.52. The first-order valence-electron chi connectivity index (χ1n) is 11.1. The summed E-state index contributed by atoms with van der Waals surface area (Å²) in [5.41, 5.74) is 3.45. The molecule has 30 heavy (non-hydrogen) atoms. The van der Waals surface area contributed by atoms with E-state index in [1.165, 1.54) is 5.56 Å². The summed E-state index contributed by atoms with van der Waals surface area (Å²) < 4.78 is 5.87. The molecule has 1 saturated carbocycles. The van der Waals surface area contributed by atoms with Gasteiger partial charge >= 0.3 is 0 Å². The van der Waals surface area contributed by atoms with Crippen LogP contribution in [0.25, 0.3) is 11.1 Å². The number of oxazole rings is 1. The van der Waals surface area contributed by atoms with Gasteiger partial charge in [-0.25, -0.2) is 4.98 Å². The first-order chi connectivity index (χ1) is 14.7. The van der Waals surface area contributed by atoms with Gasteiger partial charge in [-0.1, -0.05) is 30.3 Å². The minimum absolute atomic E-state index is 0.0403. The van der Waals surface area contributed by atoms with E-state index in [4.69, 9.17) is 4.42 Å². The molecule has 0 radical (unpaired) electrons. The Morgan fingerprint density at radius 3 is 2.60 bits per heavy atom. The minimum Gasteiger partial charge on any atom is -0.440 e. The van der Waals surface area contributed by atoms with E-state index < -0.39 is 0 Å². The number of fused-ring (bicyclic) bond motifs is 1. The molecule has 5 heteroatoms. The predicted octanol–water partition coefficient (Wildman–Crippen LogP) is 4.55. The smallest absolute Gasteiger partial charge is 0.253 e. The van der Waals surface area contributed by atoms with E-state index in [1.54, 1.807) is 0 Å². The number of carbonyl (C=O) groups excluding carboxylic acids is 1. The summed E-state index contributed by atoms with van der Waals surface area (Å²) in [6.45, 7) is 1.38. The third-order valence-corrected chi connectivity index (χ3v) is 6.52. The molecule has 1 saturated heterocycles. The quantitative estimate of drug-likeness (QED) is 0.654. The summed E-state index contributed by atoms with van der Waals surface area (Å²) in [5.74, 6) is 1.57. The molecule has 1 aliphatic carbocycles. The Morgan fingerprint density at radius 2 is 1.87 bits per heavy atom. The zero-order valence-corrected chi connectivity index (χ0v) is 17.2. The molecule has 1 N–H and O–H groups in total. The second-order valence-corrected chi connectivity index (χ2v) is 8.73. The highest BCUT2D eigenvalue weighted by atomic mass is 16.3. The van der Waals surface area contributed by atoms with E-state index >= 15 is 0 Å². The van der Waals surface area contributed by atoms with Crippen molar-refractivity contribution >= 4 is 17.0 Å².